The fourth-order valence-corrected chi connectivity index (χ4v) is 5.19. The topological polar surface area (TPSA) is 90.5 Å². The maximum Gasteiger partial charge on any atom is 0.425 e. The molecule has 13 heteroatoms. The molecule has 1 aliphatic heterocycles. The number of allylic oxidation sites excluding steroid dienone is 1. The van der Waals surface area contributed by atoms with E-state index in [1.807, 2.05) is 0 Å². The number of thiophene rings is 1. The molecule has 3 aromatic heterocycles. The molecule has 182 valence electrons. The van der Waals surface area contributed by atoms with Gasteiger partial charge in [0.15, 0.2) is 5.82 Å². The number of rotatable bonds is 5. The summed E-state index contributed by atoms with van der Waals surface area (Å²) in [4.78, 5) is 29.5. The van der Waals surface area contributed by atoms with Gasteiger partial charge in [0.2, 0.25) is 11.7 Å². The molecular weight excluding hydrogens is 539 g/mol. The normalized spacial score (nSPS) is 17.2. The highest BCUT2D eigenvalue weighted by Crippen LogP contribution is 2.39. The minimum atomic E-state index is -4.52. The zero-order valence-electron chi connectivity index (χ0n) is 20.1. The van der Waals surface area contributed by atoms with Crippen LogP contribution in [0, 0.1) is 6.92 Å². The standard InChI is InChI=1S/C21H21BrF3N5O3S/c1-3-14-16(22)19(32)30-20(27-18(28-30)12-5-4-7-33-8-6-12)29(14)9-15(31)26-13-10-34-17(11(13)2)21(23,24)25/h6,10H,3-5,7-9H2,1-2H3,(H,26,31)/i7D2. The lowest BCUT2D eigenvalue weighted by Gasteiger charge is -2.15. The van der Waals surface area contributed by atoms with E-state index in [1.54, 1.807) is 13.0 Å². The highest BCUT2D eigenvalue weighted by Gasteiger charge is 2.35. The highest BCUT2D eigenvalue weighted by atomic mass is 79.9. The van der Waals surface area contributed by atoms with Crippen LogP contribution in [0.3, 0.4) is 0 Å². The fourth-order valence-electron chi connectivity index (χ4n) is 3.64. The Morgan fingerprint density at radius 1 is 1.44 bits per heavy atom. The Hall–Kier alpha value is -2.51. The number of fused-ring (bicyclic) bond motifs is 1. The molecule has 4 heterocycles. The number of ether oxygens (including phenoxy) is 1. The van der Waals surface area contributed by atoms with Gasteiger partial charge in [-0.3, -0.25) is 9.59 Å². The second-order valence-electron chi connectivity index (χ2n) is 7.49. The molecule has 8 nitrogen and oxygen atoms in total. The van der Waals surface area contributed by atoms with Crippen molar-refractivity contribution >= 4 is 50.2 Å². The summed E-state index contributed by atoms with van der Waals surface area (Å²) >= 11 is 3.78. The van der Waals surface area contributed by atoms with Crippen molar-refractivity contribution in [3.8, 4) is 0 Å². The van der Waals surface area contributed by atoms with Gasteiger partial charge in [-0.25, -0.2) is 0 Å². The van der Waals surface area contributed by atoms with Crippen molar-refractivity contribution in [1.29, 1.82) is 0 Å². The molecule has 4 rings (SSSR count). The Kier molecular flexibility index (Phi) is 6.22. The third-order valence-corrected chi connectivity index (χ3v) is 7.22. The monoisotopic (exact) mass is 561 g/mol. The maximum atomic E-state index is 13.1. The van der Waals surface area contributed by atoms with Crippen molar-refractivity contribution in [2.75, 3.05) is 18.5 Å². The van der Waals surface area contributed by atoms with Crippen molar-refractivity contribution in [3.05, 3.63) is 48.2 Å². The Balaban J connectivity index is 1.71. The van der Waals surface area contributed by atoms with Crippen LogP contribution in [-0.4, -0.2) is 38.2 Å². The molecule has 0 aromatic carbocycles. The summed E-state index contributed by atoms with van der Waals surface area (Å²) in [5, 5.41) is 8.06. The maximum absolute atomic E-state index is 13.1. The third kappa shape index (κ3) is 4.68. The van der Waals surface area contributed by atoms with Gasteiger partial charge in [-0.2, -0.15) is 22.7 Å². The zero-order chi connectivity index (χ0) is 26.4. The average molecular weight is 562 g/mol. The Bertz CT molecular complexity index is 1430. The summed E-state index contributed by atoms with van der Waals surface area (Å²) in [6.45, 7) is 0.953. The van der Waals surface area contributed by atoms with Crippen molar-refractivity contribution in [3.63, 3.8) is 0 Å². The lowest BCUT2D eigenvalue weighted by molar-refractivity contribution is -0.134. The average Bonchev–Trinajstić information content (AvgIpc) is 3.33. The van der Waals surface area contributed by atoms with E-state index in [-0.39, 0.29) is 53.3 Å². The van der Waals surface area contributed by atoms with Gasteiger partial charge < -0.3 is 14.6 Å². The van der Waals surface area contributed by atoms with E-state index in [4.69, 9.17) is 7.48 Å². The van der Waals surface area contributed by atoms with Gasteiger partial charge in [-0.1, -0.05) is 13.0 Å². The Morgan fingerprint density at radius 3 is 2.88 bits per heavy atom. The van der Waals surface area contributed by atoms with E-state index >= 15 is 0 Å². The van der Waals surface area contributed by atoms with Crippen molar-refractivity contribution in [1.82, 2.24) is 19.2 Å². The summed E-state index contributed by atoms with van der Waals surface area (Å²) in [6.07, 6.45) is -2.16. The molecule has 0 spiro atoms. The number of hydrogen-bond acceptors (Lipinski definition) is 6. The third-order valence-electron chi connectivity index (χ3n) is 5.30. The molecule has 1 aliphatic rings. The van der Waals surface area contributed by atoms with E-state index in [2.05, 4.69) is 31.3 Å². The van der Waals surface area contributed by atoms with E-state index in [0.717, 1.165) is 4.52 Å². The number of halogens is 4. The van der Waals surface area contributed by atoms with E-state index < -0.39 is 29.1 Å². The van der Waals surface area contributed by atoms with Crippen LogP contribution in [0.1, 0.15) is 44.5 Å². The van der Waals surface area contributed by atoms with Crippen LogP contribution in [0.4, 0.5) is 18.9 Å². The Labute approximate surface area is 207 Å². The molecular formula is C21H21BrF3N5O3S. The van der Waals surface area contributed by atoms with Crippen LogP contribution in [0.25, 0.3) is 11.4 Å². The number of carbonyl (C=O) groups is 1. The minimum absolute atomic E-state index is 0.00827. The van der Waals surface area contributed by atoms with E-state index in [9.17, 15) is 22.8 Å². The summed E-state index contributed by atoms with van der Waals surface area (Å²) in [5.74, 6) is -0.319. The molecule has 1 N–H and O–H groups in total. The Morgan fingerprint density at radius 2 is 2.21 bits per heavy atom. The first-order valence-corrected chi connectivity index (χ1v) is 12.0. The fraction of sp³-hybridized carbons (Fsp3) is 0.429. The molecule has 0 unspecified atom stereocenters. The van der Waals surface area contributed by atoms with Gasteiger partial charge in [0.05, 0.1) is 15.0 Å². The van der Waals surface area contributed by atoms with Crippen LogP contribution < -0.4 is 10.9 Å². The molecule has 3 aromatic rings. The molecule has 0 saturated carbocycles. The number of nitrogens with one attached hydrogen (secondary N) is 1. The number of hydrogen-bond donors (Lipinski definition) is 1. The first kappa shape index (κ1) is 22.0. The molecule has 1 amide bonds. The number of nitrogens with zero attached hydrogens (tertiary/aromatic N) is 4. The van der Waals surface area contributed by atoms with Gasteiger partial charge in [-0.15, -0.1) is 16.4 Å². The lowest BCUT2D eigenvalue weighted by atomic mass is 10.1. The molecule has 0 saturated heterocycles. The number of alkyl halides is 3. The van der Waals surface area contributed by atoms with Crippen LogP contribution in [-0.2, 0) is 28.7 Å². The minimum Gasteiger partial charge on any atom is -0.377 e. The van der Waals surface area contributed by atoms with Crippen LogP contribution >= 0.6 is 27.3 Å². The molecule has 0 aliphatic carbocycles. The number of anilines is 1. The van der Waals surface area contributed by atoms with Gasteiger partial charge in [0, 0.05) is 17.6 Å². The van der Waals surface area contributed by atoms with E-state index in [1.165, 1.54) is 16.9 Å². The summed E-state index contributed by atoms with van der Waals surface area (Å²) in [7, 11) is 0. The number of carbonyl (C=O) groups excluding carboxylic acids is 1. The smallest absolute Gasteiger partial charge is 0.377 e. The summed E-state index contributed by atoms with van der Waals surface area (Å²) in [5.41, 5.74) is 0.565. The van der Waals surface area contributed by atoms with Gasteiger partial charge >= 0.3 is 6.18 Å². The largest absolute Gasteiger partial charge is 0.425 e. The second kappa shape index (κ2) is 9.62. The van der Waals surface area contributed by atoms with Crippen molar-refractivity contribution < 1.29 is 25.4 Å². The first-order chi connectivity index (χ1) is 16.8. The van der Waals surface area contributed by atoms with Crippen LogP contribution in [0.2, 0.25) is 0 Å². The molecule has 0 atom stereocenters. The molecule has 0 fully saturated rings. The molecule has 34 heavy (non-hydrogen) atoms. The predicted molar refractivity (Wildman–Crippen MR) is 125 cm³/mol. The first-order valence-electron chi connectivity index (χ1n) is 11.3. The van der Waals surface area contributed by atoms with Crippen LogP contribution in [0.5, 0.6) is 0 Å². The van der Waals surface area contributed by atoms with E-state index in [0.29, 0.717) is 29.0 Å². The summed E-state index contributed by atoms with van der Waals surface area (Å²) < 4.78 is 62.9. The SMILES string of the molecule is [2H]C1([2H])CCC(c2nc3n(CC(=O)Nc4csc(C(F)(F)F)c4C)c(CC)c(Br)c(=O)n3n2)=CCO1. The second-order valence-corrected chi connectivity index (χ2v) is 9.16. The highest BCUT2D eigenvalue weighted by molar-refractivity contribution is 9.10. The van der Waals surface area contributed by atoms with Crippen molar-refractivity contribution in [2.45, 2.75) is 45.8 Å². The number of aromatic nitrogens is 4. The van der Waals surface area contributed by atoms with Gasteiger partial charge in [-0.05, 0) is 53.3 Å². The zero-order valence-corrected chi connectivity index (χ0v) is 20.5. The number of amides is 1. The van der Waals surface area contributed by atoms with Crippen molar-refractivity contribution in [2.24, 2.45) is 0 Å². The predicted octanol–water partition coefficient (Wildman–Crippen LogP) is 4.44. The van der Waals surface area contributed by atoms with Gasteiger partial charge in [0.25, 0.3) is 5.56 Å². The van der Waals surface area contributed by atoms with Gasteiger partial charge in [0.1, 0.15) is 15.9 Å². The lowest BCUT2D eigenvalue weighted by Crippen LogP contribution is -2.28. The quantitative estimate of drug-likeness (QED) is 0.497. The molecule has 0 bridgehead atoms. The van der Waals surface area contributed by atoms with Crippen LogP contribution in [0.15, 0.2) is 20.7 Å². The summed E-state index contributed by atoms with van der Waals surface area (Å²) in [6, 6.07) is 0. The molecule has 0 radical (unpaired) electrons.